The van der Waals surface area contributed by atoms with Crippen molar-refractivity contribution in [2.45, 2.75) is 38.1 Å². The third kappa shape index (κ3) is 5.43. The van der Waals surface area contributed by atoms with Crippen LogP contribution in [0.4, 0.5) is 0 Å². The topological polar surface area (TPSA) is 36.7 Å². The van der Waals surface area contributed by atoms with Crippen LogP contribution in [0.5, 0.6) is 0 Å². The number of halogens is 1. The fraction of sp³-hybridized carbons (Fsp3) is 0.538. The molecule has 0 unspecified atom stereocenters. The van der Waals surface area contributed by atoms with Crippen LogP contribution in [0.3, 0.4) is 0 Å². The number of nitrogens with zero attached hydrogens (tertiary/aromatic N) is 2. The molecule has 0 fully saturated rings. The van der Waals surface area contributed by atoms with E-state index in [0.717, 1.165) is 35.1 Å². The molecule has 1 heterocycles. The highest BCUT2D eigenvalue weighted by Crippen LogP contribution is 2.26. The van der Waals surface area contributed by atoms with Gasteiger partial charge < -0.3 is 0 Å². The number of unbranched alkanes of at least 4 members (excludes halogenated alkanes) is 1. The minimum atomic E-state index is -0.201. The van der Waals surface area contributed by atoms with Crippen LogP contribution >= 0.6 is 23.4 Å². The summed E-state index contributed by atoms with van der Waals surface area (Å²) in [6, 6.07) is 6.01. The highest BCUT2D eigenvalue weighted by atomic mass is 35.5. The van der Waals surface area contributed by atoms with Gasteiger partial charge in [0.1, 0.15) is 5.03 Å². The maximum absolute atomic E-state index is 8.88. The number of rotatable bonds is 6. The second-order valence-electron chi connectivity index (χ2n) is 4.59. The molecule has 0 atom stereocenters. The number of nitriles is 1. The van der Waals surface area contributed by atoms with Gasteiger partial charge in [-0.1, -0.05) is 18.0 Å². The lowest BCUT2D eigenvalue weighted by Gasteiger charge is -2.13. The molecule has 0 radical (unpaired) electrons. The van der Waals surface area contributed by atoms with Gasteiger partial charge in [-0.25, -0.2) is 4.98 Å². The molecule has 0 aromatic carbocycles. The van der Waals surface area contributed by atoms with E-state index < -0.39 is 0 Å². The maximum atomic E-state index is 8.88. The SMILES string of the molecule is CC(C)(C#N)CCCCSc1ncccc1Cl. The summed E-state index contributed by atoms with van der Waals surface area (Å²) in [7, 11) is 0. The van der Waals surface area contributed by atoms with Crippen molar-refractivity contribution in [1.82, 2.24) is 4.98 Å². The van der Waals surface area contributed by atoms with E-state index in [1.807, 2.05) is 26.0 Å². The lowest BCUT2D eigenvalue weighted by Crippen LogP contribution is -2.07. The van der Waals surface area contributed by atoms with E-state index in [9.17, 15) is 0 Å². The van der Waals surface area contributed by atoms with Crippen molar-refractivity contribution in [3.05, 3.63) is 23.4 Å². The Kier molecular flexibility index (Phi) is 5.80. The van der Waals surface area contributed by atoms with Gasteiger partial charge in [0, 0.05) is 6.20 Å². The van der Waals surface area contributed by atoms with Crippen LogP contribution in [-0.4, -0.2) is 10.7 Å². The molecule has 0 spiro atoms. The van der Waals surface area contributed by atoms with Crippen LogP contribution in [0.1, 0.15) is 33.1 Å². The molecule has 1 aromatic heterocycles. The van der Waals surface area contributed by atoms with E-state index in [-0.39, 0.29) is 5.41 Å². The van der Waals surface area contributed by atoms with Gasteiger partial charge in [-0.05, 0) is 44.6 Å². The molecule has 0 aliphatic rings. The van der Waals surface area contributed by atoms with Crippen molar-refractivity contribution in [2.75, 3.05) is 5.75 Å². The summed E-state index contributed by atoms with van der Waals surface area (Å²) in [5, 5.41) is 10.5. The third-order valence-electron chi connectivity index (χ3n) is 2.46. The smallest absolute Gasteiger partial charge is 0.115 e. The van der Waals surface area contributed by atoms with Crippen molar-refractivity contribution in [3.63, 3.8) is 0 Å². The fourth-order valence-electron chi connectivity index (χ4n) is 1.37. The van der Waals surface area contributed by atoms with Crippen LogP contribution in [0.25, 0.3) is 0 Å². The first kappa shape index (κ1) is 14.3. The zero-order chi connectivity index (χ0) is 12.7. The van der Waals surface area contributed by atoms with E-state index in [1.165, 1.54) is 0 Å². The summed E-state index contributed by atoms with van der Waals surface area (Å²) >= 11 is 7.68. The summed E-state index contributed by atoms with van der Waals surface area (Å²) < 4.78 is 0. The Balaban J connectivity index is 2.22. The van der Waals surface area contributed by atoms with Gasteiger partial charge in [0.25, 0.3) is 0 Å². The molecule has 0 N–H and O–H groups in total. The van der Waals surface area contributed by atoms with Gasteiger partial charge in [0.05, 0.1) is 16.5 Å². The van der Waals surface area contributed by atoms with Crippen LogP contribution in [0.2, 0.25) is 5.02 Å². The van der Waals surface area contributed by atoms with Crippen molar-refractivity contribution < 1.29 is 0 Å². The monoisotopic (exact) mass is 268 g/mol. The van der Waals surface area contributed by atoms with Crippen molar-refractivity contribution in [2.24, 2.45) is 5.41 Å². The van der Waals surface area contributed by atoms with Gasteiger partial charge in [0.15, 0.2) is 0 Å². The van der Waals surface area contributed by atoms with E-state index in [2.05, 4.69) is 11.1 Å². The molecular formula is C13H17ClN2S. The quantitative estimate of drug-likeness (QED) is 0.561. The molecule has 1 aromatic rings. The molecule has 1 rings (SSSR count). The molecule has 0 aliphatic heterocycles. The normalized spacial score (nSPS) is 11.2. The predicted molar refractivity (Wildman–Crippen MR) is 73.2 cm³/mol. The summed E-state index contributed by atoms with van der Waals surface area (Å²) in [4.78, 5) is 4.22. The Labute approximate surface area is 112 Å². The minimum absolute atomic E-state index is 0.201. The molecule has 2 nitrogen and oxygen atoms in total. The average molecular weight is 269 g/mol. The highest BCUT2D eigenvalue weighted by Gasteiger charge is 2.15. The zero-order valence-corrected chi connectivity index (χ0v) is 11.8. The van der Waals surface area contributed by atoms with Crippen molar-refractivity contribution >= 4 is 23.4 Å². The number of thioether (sulfide) groups is 1. The first-order valence-electron chi connectivity index (χ1n) is 5.70. The molecule has 0 saturated carbocycles. The molecular weight excluding hydrogens is 252 g/mol. The number of aromatic nitrogens is 1. The van der Waals surface area contributed by atoms with Gasteiger partial charge in [-0.3, -0.25) is 0 Å². The largest absolute Gasteiger partial charge is 0.248 e. The molecule has 92 valence electrons. The van der Waals surface area contributed by atoms with E-state index in [4.69, 9.17) is 16.9 Å². The summed E-state index contributed by atoms with van der Waals surface area (Å²) in [5.41, 5.74) is -0.201. The first-order valence-corrected chi connectivity index (χ1v) is 7.06. The molecule has 0 aliphatic carbocycles. The molecule has 17 heavy (non-hydrogen) atoms. The highest BCUT2D eigenvalue weighted by molar-refractivity contribution is 7.99. The Morgan fingerprint density at radius 1 is 1.47 bits per heavy atom. The van der Waals surface area contributed by atoms with Gasteiger partial charge >= 0.3 is 0 Å². The average Bonchev–Trinajstić information content (AvgIpc) is 2.31. The van der Waals surface area contributed by atoms with Gasteiger partial charge in [-0.2, -0.15) is 5.26 Å². The number of hydrogen-bond acceptors (Lipinski definition) is 3. The number of pyridine rings is 1. The van der Waals surface area contributed by atoms with Crippen molar-refractivity contribution in [1.29, 1.82) is 5.26 Å². The predicted octanol–water partition coefficient (Wildman–Crippen LogP) is 4.55. The first-order chi connectivity index (χ1) is 8.05. The van der Waals surface area contributed by atoms with Crippen LogP contribution in [-0.2, 0) is 0 Å². The Morgan fingerprint density at radius 2 is 2.24 bits per heavy atom. The molecule has 0 saturated heterocycles. The zero-order valence-electron chi connectivity index (χ0n) is 10.2. The Morgan fingerprint density at radius 3 is 2.88 bits per heavy atom. The summed E-state index contributed by atoms with van der Waals surface area (Å²) in [6.07, 6.45) is 4.85. The van der Waals surface area contributed by atoms with Crippen LogP contribution in [0, 0.1) is 16.7 Å². The number of hydrogen-bond donors (Lipinski definition) is 0. The van der Waals surface area contributed by atoms with Crippen LogP contribution < -0.4 is 0 Å². The van der Waals surface area contributed by atoms with E-state index in [0.29, 0.717) is 0 Å². The maximum Gasteiger partial charge on any atom is 0.115 e. The Bertz CT molecular complexity index is 399. The van der Waals surface area contributed by atoms with Crippen LogP contribution in [0.15, 0.2) is 23.4 Å². The summed E-state index contributed by atoms with van der Waals surface area (Å²) in [5.74, 6) is 0.998. The lowest BCUT2D eigenvalue weighted by atomic mass is 9.89. The van der Waals surface area contributed by atoms with Gasteiger partial charge in [-0.15, -0.1) is 11.8 Å². The summed E-state index contributed by atoms with van der Waals surface area (Å²) in [6.45, 7) is 3.96. The van der Waals surface area contributed by atoms with Gasteiger partial charge in [0.2, 0.25) is 0 Å². The fourth-order valence-corrected chi connectivity index (χ4v) is 2.54. The third-order valence-corrected chi connectivity index (χ3v) is 3.97. The molecule has 0 bridgehead atoms. The minimum Gasteiger partial charge on any atom is -0.248 e. The molecule has 0 amide bonds. The van der Waals surface area contributed by atoms with Crippen molar-refractivity contribution in [3.8, 4) is 6.07 Å². The lowest BCUT2D eigenvalue weighted by molar-refractivity contribution is 0.433. The standard InChI is InChI=1S/C13H17ClN2S/c1-13(2,10-15)7-3-4-9-17-12-11(14)6-5-8-16-12/h5-6,8H,3-4,7,9H2,1-2H3. The second kappa shape index (κ2) is 6.88. The molecule has 4 heteroatoms. The Hall–Kier alpha value is -0.720. The van der Waals surface area contributed by atoms with E-state index >= 15 is 0 Å². The second-order valence-corrected chi connectivity index (χ2v) is 6.08. The van der Waals surface area contributed by atoms with E-state index in [1.54, 1.807) is 18.0 Å².